The van der Waals surface area contributed by atoms with Crippen LogP contribution in [0.2, 0.25) is 5.02 Å². The van der Waals surface area contributed by atoms with E-state index in [1.807, 2.05) is 6.07 Å². The molecule has 1 unspecified atom stereocenters. The molecule has 10 heteroatoms. The number of pyridine rings is 1. The van der Waals surface area contributed by atoms with Crippen LogP contribution in [-0.2, 0) is 11.3 Å². The molecule has 0 spiro atoms. The van der Waals surface area contributed by atoms with E-state index in [-0.39, 0.29) is 41.6 Å². The number of hydrogen-bond donors (Lipinski definition) is 1. The number of allylic oxidation sites excluding steroid dienone is 1. The maximum absolute atomic E-state index is 15.5. The summed E-state index contributed by atoms with van der Waals surface area (Å²) in [7, 11) is 0. The molecule has 0 saturated carbocycles. The van der Waals surface area contributed by atoms with E-state index in [1.165, 1.54) is 11.0 Å². The van der Waals surface area contributed by atoms with Crippen LogP contribution < -0.4 is 15.1 Å². The molecule has 5 rings (SSSR count). The molecule has 2 aromatic carbocycles. The zero-order chi connectivity index (χ0) is 27.6. The Morgan fingerprint density at radius 2 is 1.90 bits per heavy atom. The summed E-state index contributed by atoms with van der Waals surface area (Å²) in [4.78, 5) is 34.1. The van der Waals surface area contributed by atoms with Crippen molar-refractivity contribution < 1.29 is 18.4 Å². The molecule has 1 N–H and O–H groups in total. The number of carbonyl (C=O) groups excluding carboxylic acids is 2. The number of aromatic nitrogens is 1. The van der Waals surface area contributed by atoms with Gasteiger partial charge < -0.3 is 15.1 Å². The van der Waals surface area contributed by atoms with Gasteiger partial charge in [-0.05, 0) is 56.2 Å². The van der Waals surface area contributed by atoms with Crippen LogP contribution in [0, 0.1) is 0 Å². The zero-order valence-corrected chi connectivity index (χ0v) is 23.5. The highest BCUT2D eigenvalue weighted by atomic mass is 35.5. The summed E-state index contributed by atoms with van der Waals surface area (Å²) in [6, 6.07) is 17.3. The summed E-state index contributed by atoms with van der Waals surface area (Å²) in [6.07, 6.45) is 4.06. The average Bonchev–Trinajstić information content (AvgIpc) is 3.32. The van der Waals surface area contributed by atoms with Gasteiger partial charge in [0, 0.05) is 54.6 Å². The van der Waals surface area contributed by atoms with E-state index in [0.717, 1.165) is 31.1 Å². The number of para-hydroxylation sites is 1. The number of amides is 2. The molecule has 1 atom stereocenters. The van der Waals surface area contributed by atoms with Crippen molar-refractivity contribution in [3.63, 3.8) is 0 Å². The predicted molar refractivity (Wildman–Crippen MR) is 156 cm³/mol. The summed E-state index contributed by atoms with van der Waals surface area (Å²) in [6.45, 7) is 2.94. The third-order valence-corrected chi connectivity index (χ3v) is 7.60. The number of nitrogens with zero attached hydrogens (tertiary/aromatic N) is 3. The highest BCUT2D eigenvalue weighted by Crippen LogP contribution is 2.43. The number of halogens is 4. The van der Waals surface area contributed by atoms with Crippen molar-refractivity contribution in [1.29, 1.82) is 0 Å². The topological polar surface area (TPSA) is 65.5 Å². The highest BCUT2D eigenvalue weighted by Gasteiger charge is 2.41. The minimum absolute atomic E-state index is 0. The molecular weight excluding hydrogens is 557 g/mol. The van der Waals surface area contributed by atoms with Crippen LogP contribution in [0.1, 0.15) is 47.8 Å². The maximum Gasteiger partial charge on any atom is 0.275 e. The Labute approximate surface area is 243 Å². The molecular formula is C30H30Cl2F2N4O2. The molecule has 6 nitrogen and oxygen atoms in total. The van der Waals surface area contributed by atoms with Crippen molar-refractivity contribution in [2.75, 3.05) is 22.9 Å². The van der Waals surface area contributed by atoms with Crippen LogP contribution >= 0.6 is 24.0 Å². The van der Waals surface area contributed by atoms with Gasteiger partial charge >= 0.3 is 0 Å². The Morgan fingerprint density at radius 1 is 1.12 bits per heavy atom. The second kappa shape index (κ2) is 12.4. The van der Waals surface area contributed by atoms with Gasteiger partial charge in [0.2, 0.25) is 5.91 Å². The number of carbonyl (C=O) groups is 2. The number of fused-ring (bicyclic) bond motifs is 1. The standard InChI is InChI=1S/C30H29ClF2N4O2.ClH/c1-20-7-6-15-36(20)22-11-12-24(26(31)17-22)29(39)37-16-13-30(32,33)25(23-9-2-3-10-27(23)37)18-28(38)35-19-21-8-4-5-14-34-21;/h2-5,8-12,14,17-18,20H,6-7,13,15-16,19H2,1H3,(H,35,38);1H/b25-18-;. The van der Waals surface area contributed by atoms with E-state index in [2.05, 4.69) is 22.1 Å². The minimum atomic E-state index is -3.34. The van der Waals surface area contributed by atoms with E-state index in [0.29, 0.717) is 17.4 Å². The molecule has 2 amide bonds. The van der Waals surface area contributed by atoms with Gasteiger partial charge in [0.25, 0.3) is 11.8 Å². The second-order valence-electron chi connectivity index (χ2n) is 9.87. The third-order valence-electron chi connectivity index (χ3n) is 7.29. The summed E-state index contributed by atoms with van der Waals surface area (Å²) in [5, 5.41) is 2.89. The molecule has 210 valence electrons. The number of benzene rings is 2. The van der Waals surface area contributed by atoms with Gasteiger partial charge in [0.05, 0.1) is 28.5 Å². The van der Waals surface area contributed by atoms with E-state index < -0.39 is 29.7 Å². The normalized spacial score (nSPS) is 19.0. The molecule has 2 aliphatic heterocycles. The van der Waals surface area contributed by atoms with Crippen LogP contribution in [0.5, 0.6) is 0 Å². The van der Waals surface area contributed by atoms with Gasteiger partial charge in [-0.2, -0.15) is 0 Å². The first-order valence-electron chi connectivity index (χ1n) is 13.0. The molecule has 3 heterocycles. The number of anilines is 2. The lowest BCUT2D eigenvalue weighted by Crippen LogP contribution is -2.33. The van der Waals surface area contributed by atoms with Crippen LogP contribution in [0.15, 0.2) is 72.9 Å². The van der Waals surface area contributed by atoms with Crippen molar-refractivity contribution >= 4 is 52.8 Å². The first kappa shape index (κ1) is 29.5. The summed E-state index contributed by atoms with van der Waals surface area (Å²) >= 11 is 6.58. The molecule has 2 aliphatic rings. The van der Waals surface area contributed by atoms with Crippen LogP contribution in [0.25, 0.3) is 5.57 Å². The van der Waals surface area contributed by atoms with Gasteiger partial charge in [0.15, 0.2) is 0 Å². The van der Waals surface area contributed by atoms with E-state index in [9.17, 15) is 9.59 Å². The Bertz CT molecular complexity index is 1420. The number of alkyl halides is 2. The smallest absolute Gasteiger partial charge is 0.275 e. The molecule has 0 bridgehead atoms. The number of rotatable bonds is 5. The SMILES string of the molecule is CC1CCCN1c1ccc(C(=O)N2CCC(F)(F)/C(=C\C(=O)NCc3ccccn3)c3ccccc32)c(Cl)c1.Cl. The molecule has 0 radical (unpaired) electrons. The highest BCUT2D eigenvalue weighted by molar-refractivity contribution is 6.35. The Morgan fingerprint density at radius 3 is 2.60 bits per heavy atom. The van der Waals surface area contributed by atoms with Crippen LogP contribution in [0.3, 0.4) is 0 Å². The van der Waals surface area contributed by atoms with Gasteiger partial charge in [-0.25, -0.2) is 8.78 Å². The third kappa shape index (κ3) is 6.13. The maximum atomic E-state index is 15.5. The number of hydrogen-bond acceptors (Lipinski definition) is 4. The largest absolute Gasteiger partial charge is 0.369 e. The van der Waals surface area contributed by atoms with Gasteiger partial charge in [-0.3, -0.25) is 14.6 Å². The first-order chi connectivity index (χ1) is 18.7. The van der Waals surface area contributed by atoms with E-state index >= 15 is 8.78 Å². The number of nitrogens with one attached hydrogen (secondary N) is 1. The summed E-state index contributed by atoms with van der Waals surface area (Å²) in [5.41, 5.74) is 1.78. The first-order valence-corrected chi connectivity index (χ1v) is 13.4. The fraction of sp³-hybridized carbons (Fsp3) is 0.300. The summed E-state index contributed by atoms with van der Waals surface area (Å²) < 4.78 is 31.0. The monoisotopic (exact) mass is 586 g/mol. The van der Waals surface area contributed by atoms with Crippen molar-refractivity contribution in [3.05, 3.63) is 94.8 Å². The second-order valence-corrected chi connectivity index (χ2v) is 10.3. The van der Waals surface area contributed by atoms with Crippen LogP contribution in [-0.4, -0.2) is 41.9 Å². The minimum Gasteiger partial charge on any atom is -0.369 e. The van der Waals surface area contributed by atoms with Crippen molar-refractivity contribution in [2.24, 2.45) is 0 Å². The molecule has 3 aromatic rings. The molecule has 1 fully saturated rings. The fourth-order valence-corrected chi connectivity index (χ4v) is 5.47. The Kier molecular flexibility index (Phi) is 9.11. The van der Waals surface area contributed by atoms with Gasteiger partial charge in [-0.1, -0.05) is 35.9 Å². The lowest BCUT2D eigenvalue weighted by atomic mass is 9.97. The van der Waals surface area contributed by atoms with Gasteiger partial charge in [0.1, 0.15) is 0 Å². The molecule has 40 heavy (non-hydrogen) atoms. The van der Waals surface area contributed by atoms with E-state index in [4.69, 9.17) is 11.6 Å². The average molecular weight is 587 g/mol. The lowest BCUT2D eigenvalue weighted by Gasteiger charge is -2.26. The molecule has 1 aromatic heterocycles. The Balaban J connectivity index is 0.00000370. The molecule has 1 saturated heterocycles. The van der Waals surface area contributed by atoms with Crippen molar-refractivity contribution in [1.82, 2.24) is 10.3 Å². The van der Waals surface area contributed by atoms with Crippen molar-refractivity contribution in [3.8, 4) is 0 Å². The van der Waals surface area contributed by atoms with Gasteiger partial charge in [-0.15, -0.1) is 12.4 Å². The van der Waals surface area contributed by atoms with Crippen molar-refractivity contribution in [2.45, 2.75) is 44.7 Å². The fourth-order valence-electron chi connectivity index (χ4n) is 5.22. The Hall–Kier alpha value is -3.49. The lowest BCUT2D eigenvalue weighted by molar-refractivity contribution is -0.116. The summed E-state index contributed by atoms with van der Waals surface area (Å²) in [5.74, 6) is -4.47. The van der Waals surface area contributed by atoms with Crippen LogP contribution in [0.4, 0.5) is 20.2 Å². The zero-order valence-electron chi connectivity index (χ0n) is 21.9. The van der Waals surface area contributed by atoms with E-state index in [1.54, 1.807) is 54.7 Å². The molecule has 0 aliphatic carbocycles. The quantitative estimate of drug-likeness (QED) is 0.345. The predicted octanol–water partition coefficient (Wildman–Crippen LogP) is 6.53.